The van der Waals surface area contributed by atoms with Gasteiger partial charge in [-0.1, -0.05) is 37.1 Å². The monoisotopic (exact) mass is 492 g/mol. The molecule has 0 spiro atoms. The van der Waals surface area contributed by atoms with Crippen molar-refractivity contribution in [2.75, 3.05) is 42.9 Å². The van der Waals surface area contributed by atoms with Gasteiger partial charge in [-0.05, 0) is 51.2 Å². The smallest absolute Gasteiger partial charge is 0.415 e. The van der Waals surface area contributed by atoms with Gasteiger partial charge < -0.3 is 10.1 Å². The van der Waals surface area contributed by atoms with Gasteiger partial charge in [0.05, 0.1) is 11.6 Å². The number of benzene rings is 1. The highest BCUT2D eigenvalue weighted by atomic mass is 16.6. The zero-order valence-electron chi connectivity index (χ0n) is 22.1. The molecule has 8 heteroatoms. The van der Waals surface area contributed by atoms with Crippen LogP contribution in [0.3, 0.4) is 0 Å². The average Bonchev–Trinajstić information content (AvgIpc) is 3.72. The van der Waals surface area contributed by atoms with Crippen molar-refractivity contribution in [1.82, 2.24) is 19.8 Å². The van der Waals surface area contributed by atoms with E-state index in [0.29, 0.717) is 30.4 Å². The Balaban J connectivity index is 1.27. The molecule has 8 nitrogen and oxygen atoms in total. The van der Waals surface area contributed by atoms with Gasteiger partial charge in [-0.2, -0.15) is 4.98 Å². The van der Waals surface area contributed by atoms with Gasteiger partial charge in [0, 0.05) is 51.0 Å². The number of ether oxygens (including phenoxy) is 1. The summed E-state index contributed by atoms with van der Waals surface area (Å²) in [5.74, 6) is 2.04. The van der Waals surface area contributed by atoms with Crippen LogP contribution in [0, 0.1) is 5.92 Å². The number of hydrogen-bond acceptors (Lipinski definition) is 7. The van der Waals surface area contributed by atoms with E-state index in [2.05, 4.69) is 70.1 Å². The standard InChI is InChI=1S/C28H40N6O2/c1-5-34-26-24(18-36-28(34)35)17-29-27(31-26)30-20(4)22-8-10-23(11-9-22)25(16-21-6-7-21)33-14-12-32(13-15-33)19(2)3/h8-11,17,19-21,25H,5-7,12-16,18H2,1-4H3,(H,29,30,31). The molecule has 36 heavy (non-hydrogen) atoms. The van der Waals surface area contributed by atoms with E-state index in [4.69, 9.17) is 4.74 Å². The minimum absolute atomic E-state index is 0.0409. The molecule has 1 N–H and O–H groups in total. The van der Waals surface area contributed by atoms with Gasteiger partial charge >= 0.3 is 6.09 Å². The fourth-order valence-electron chi connectivity index (χ4n) is 5.40. The number of carbonyl (C=O) groups is 1. The van der Waals surface area contributed by atoms with Crippen molar-refractivity contribution >= 4 is 17.9 Å². The van der Waals surface area contributed by atoms with Crippen molar-refractivity contribution in [2.45, 2.75) is 71.7 Å². The molecule has 2 aromatic rings. The summed E-state index contributed by atoms with van der Waals surface area (Å²) < 4.78 is 5.20. The predicted octanol–water partition coefficient (Wildman–Crippen LogP) is 4.99. The largest absolute Gasteiger partial charge is 0.444 e. The molecule has 2 unspecified atom stereocenters. The summed E-state index contributed by atoms with van der Waals surface area (Å²) in [5.41, 5.74) is 3.45. The van der Waals surface area contributed by atoms with E-state index >= 15 is 0 Å². The normalized spacial score (nSPS) is 20.7. The predicted molar refractivity (Wildman–Crippen MR) is 142 cm³/mol. The molecule has 3 aliphatic rings. The maximum absolute atomic E-state index is 12.1. The Kier molecular flexibility index (Phi) is 7.44. The van der Waals surface area contributed by atoms with Crippen LogP contribution >= 0.6 is 0 Å². The van der Waals surface area contributed by atoms with Crippen LogP contribution in [0.1, 0.15) is 75.7 Å². The second-order valence-corrected chi connectivity index (χ2v) is 10.7. The summed E-state index contributed by atoms with van der Waals surface area (Å²) in [6, 6.07) is 10.3. The molecule has 1 aromatic carbocycles. The number of fused-ring (bicyclic) bond motifs is 1. The first kappa shape index (κ1) is 25.0. The van der Waals surface area contributed by atoms with E-state index < -0.39 is 0 Å². The number of aromatic nitrogens is 2. The molecular weight excluding hydrogens is 452 g/mol. The fraction of sp³-hybridized carbons (Fsp3) is 0.607. The lowest BCUT2D eigenvalue weighted by atomic mass is 9.96. The topological polar surface area (TPSA) is 73.8 Å². The molecule has 2 atom stereocenters. The van der Waals surface area contributed by atoms with E-state index in [0.717, 1.165) is 37.7 Å². The molecule has 5 rings (SSSR count). The highest BCUT2D eigenvalue weighted by Gasteiger charge is 2.32. The highest BCUT2D eigenvalue weighted by Crippen LogP contribution is 2.40. The zero-order valence-corrected chi connectivity index (χ0v) is 22.1. The minimum atomic E-state index is -0.357. The van der Waals surface area contributed by atoms with Gasteiger partial charge in [0.25, 0.3) is 0 Å². The summed E-state index contributed by atoms with van der Waals surface area (Å²) >= 11 is 0. The lowest BCUT2D eigenvalue weighted by Crippen LogP contribution is -2.49. The van der Waals surface area contributed by atoms with Crippen molar-refractivity contribution < 1.29 is 9.53 Å². The van der Waals surface area contributed by atoms with Crippen LogP contribution in [0.4, 0.5) is 16.6 Å². The molecular formula is C28H40N6O2. The first-order valence-electron chi connectivity index (χ1n) is 13.6. The van der Waals surface area contributed by atoms with Crippen LogP contribution in [-0.2, 0) is 11.3 Å². The van der Waals surface area contributed by atoms with Crippen molar-refractivity contribution in [3.63, 3.8) is 0 Å². The number of piperazine rings is 1. The molecule has 1 saturated heterocycles. The molecule has 1 aromatic heterocycles. The Labute approximate surface area is 215 Å². The molecule has 2 aliphatic heterocycles. The fourth-order valence-corrected chi connectivity index (χ4v) is 5.40. The summed E-state index contributed by atoms with van der Waals surface area (Å²) in [5, 5.41) is 3.42. The molecule has 1 amide bonds. The second-order valence-electron chi connectivity index (χ2n) is 10.7. The quantitative estimate of drug-likeness (QED) is 0.528. The van der Waals surface area contributed by atoms with Gasteiger partial charge in [-0.25, -0.2) is 9.78 Å². The maximum Gasteiger partial charge on any atom is 0.415 e. The Morgan fingerprint density at radius 1 is 1.03 bits per heavy atom. The molecule has 2 fully saturated rings. The number of amides is 1. The second kappa shape index (κ2) is 10.7. The van der Waals surface area contributed by atoms with E-state index in [1.54, 1.807) is 11.1 Å². The number of anilines is 2. The third kappa shape index (κ3) is 5.49. The number of cyclic esters (lactones) is 1. The van der Waals surface area contributed by atoms with Crippen LogP contribution in [0.5, 0.6) is 0 Å². The molecule has 0 bridgehead atoms. The van der Waals surface area contributed by atoms with Crippen molar-refractivity contribution in [1.29, 1.82) is 0 Å². The van der Waals surface area contributed by atoms with Gasteiger partial charge in [-0.3, -0.25) is 14.7 Å². The minimum Gasteiger partial charge on any atom is -0.444 e. The maximum atomic E-state index is 12.1. The number of rotatable bonds is 9. The summed E-state index contributed by atoms with van der Waals surface area (Å²) in [4.78, 5) is 28.0. The summed E-state index contributed by atoms with van der Waals surface area (Å²) in [7, 11) is 0. The lowest BCUT2D eigenvalue weighted by Gasteiger charge is -2.41. The Morgan fingerprint density at radius 2 is 1.69 bits per heavy atom. The van der Waals surface area contributed by atoms with Crippen molar-refractivity contribution in [3.05, 3.63) is 47.2 Å². The highest BCUT2D eigenvalue weighted by molar-refractivity contribution is 5.89. The number of hydrogen-bond donors (Lipinski definition) is 1. The van der Waals surface area contributed by atoms with Gasteiger partial charge in [0.1, 0.15) is 12.4 Å². The van der Waals surface area contributed by atoms with E-state index in [-0.39, 0.29) is 18.7 Å². The van der Waals surface area contributed by atoms with Crippen LogP contribution < -0.4 is 10.2 Å². The Hall–Kier alpha value is -2.71. The Bertz CT molecular complexity index is 1050. The van der Waals surface area contributed by atoms with Gasteiger partial charge in [-0.15, -0.1) is 0 Å². The molecule has 1 saturated carbocycles. The van der Waals surface area contributed by atoms with Crippen LogP contribution in [-0.4, -0.2) is 64.6 Å². The first-order valence-corrected chi connectivity index (χ1v) is 13.6. The lowest BCUT2D eigenvalue weighted by molar-refractivity contribution is 0.0727. The average molecular weight is 493 g/mol. The van der Waals surface area contributed by atoms with Crippen LogP contribution in [0.15, 0.2) is 30.5 Å². The number of nitrogens with one attached hydrogen (secondary N) is 1. The SMILES string of the molecule is CCN1C(=O)OCc2cnc(NC(C)c3ccc(C(CC4CC4)N4CCN(C(C)C)CC4)cc3)nc21. The Morgan fingerprint density at radius 3 is 2.33 bits per heavy atom. The third-order valence-corrected chi connectivity index (χ3v) is 7.93. The summed E-state index contributed by atoms with van der Waals surface area (Å²) in [6.07, 6.45) is 5.43. The van der Waals surface area contributed by atoms with Crippen molar-refractivity contribution in [2.24, 2.45) is 5.92 Å². The van der Waals surface area contributed by atoms with Crippen molar-refractivity contribution in [3.8, 4) is 0 Å². The van der Waals surface area contributed by atoms with Gasteiger partial charge in [0.2, 0.25) is 5.95 Å². The van der Waals surface area contributed by atoms with Crippen LogP contribution in [0.2, 0.25) is 0 Å². The molecule has 3 heterocycles. The molecule has 1 aliphatic carbocycles. The molecule has 194 valence electrons. The number of nitrogens with zero attached hydrogens (tertiary/aromatic N) is 5. The third-order valence-electron chi connectivity index (χ3n) is 7.93. The first-order chi connectivity index (χ1) is 17.4. The number of carbonyl (C=O) groups excluding carboxylic acids is 1. The van der Waals surface area contributed by atoms with Gasteiger partial charge in [0.15, 0.2) is 0 Å². The zero-order chi connectivity index (χ0) is 25.2. The molecule has 0 radical (unpaired) electrons. The van der Waals surface area contributed by atoms with E-state index in [1.807, 2.05) is 6.92 Å². The van der Waals surface area contributed by atoms with E-state index in [1.165, 1.54) is 30.4 Å². The summed E-state index contributed by atoms with van der Waals surface area (Å²) in [6.45, 7) is 14.0. The van der Waals surface area contributed by atoms with E-state index in [9.17, 15) is 4.79 Å². The van der Waals surface area contributed by atoms with Crippen LogP contribution in [0.25, 0.3) is 0 Å².